The van der Waals surface area contributed by atoms with Crippen LogP contribution in [0.4, 0.5) is 17.3 Å². The summed E-state index contributed by atoms with van der Waals surface area (Å²) < 4.78 is 41.2. The molecule has 0 aliphatic heterocycles. The highest BCUT2D eigenvalue weighted by Crippen LogP contribution is 2.06. The number of imidazole rings is 1. The first-order valence-electron chi connectivity index (χ1n) is 3.83. The van der Waals surface area contributed by atoms with E-state index in [1.807, 2.05) is 12.5 Å². The van der Waals surface area contributed by atoms with E-state index in [9.17, 15) is 17.3 Å². The number of nitrogens with zero attached hydrogens (tertiary/aromatic N) is 1. The Morgan fingerprint density at radius 1 is 1.36 bits per heavy atom. The van der Waals surface area contributed by atoms with Crippen LogP contribution >= 0.6 is 0 Å². The van der Waals surface area contributed by atoms with Crippen LogP contribution in [0.2, 0.25) is 6.04 Å². The first-order chi connectivity index (χ1) is 6.43. The zero-order chi connectivity index (χ0) is 11.0. The van der Waals surface area contributed by atoms with E-state index in [2.05, 4.69) is 22.3 Å². The molecule has 2 nitrogen and oxygen atoms in total. The number of aromatic nitrogens is 2. The van der Waals surface area contributed by atoms with Crippen molar-refractivity contribution in [2.75, 3.05) is 0 Å². The van der Waals surface area contributed by atoms with Crippen LogP contribution in [0.25, 0.3) is 0 Å². The molecule has 1 aromatic rings. The van der Waals surface area contributed by atoms with Gasteiger partial charge in [-0.3, -0.25) is 9.22 Å². The minimum atomic E-state index is -6.00. The Morgan fingerprint density at radius 3 is 2.29 bits per heavy atom. The Morgan fingerprint density at radius 2 is 1.93 bits per heavy atom. The van der Waals surface area contributed by atoms with Gasteiger partial charge in [0.1, 0.15) is 12.4 Å². The number of halogens is 4. The highest BCUT2D eigenvalue weighted by molar-refractivity contribution is 6.96. The van der Waals surface area contributed by atoms with Crippen LogP contribution in [0.5, 0.6) is 0 Å². The number of H-pyrrole nitrogens is 1. The molecule has 0 bridgehead atoms. The summed E-state index contributed by atoms with van der Waals surface area (Å²) in [5.41, 5.74) is 0. The van der Waals surface area contributed by atoms with Gasteiger partial charge in [0.05, 0.1) is 9.04 Å². The Kier molecular flexibility index (Phi) is 6.54. The fourth-order valence-corrected chi connectivity index (χ4v) is 2.60. The van der Waals surface area contributed by atoms with Crippen LogP contribution in [-0.4, -0.2) is 30.5 Å². The van der Waals surface area contributed by atoms with Crippen molar-refractivity contribution in [1.82, 2.24) is 4.98 Å². The number of hydrogen-bond acceptors (Lipinski definition) is 0. The molecule has 9 heteroatoms. The molecule has 0 aromatic carbocycles. The van der Waals surface area contributed by atoms with Gasteiger partial charge in [-0.05, 0) is 0 Å². The SMILES string of the molecule is CC[Si][Si][n+]1cc[nH]c1.F[B-](F)(F)F. The summed E-state index contributed by atoms with van der Waals surface area (Å²) in [5, 5.41) is 0. The van der Waals surface area contributed by atoms with Crippen molar-refractivity contribution in [3.63, 3.8) is 0 Å². The van der Waals surface area contributed by atoms with Crippen molar-refractivity contribution in [2.24, 2.45) is 0 Å². The van der Waals surface area contributed by atoms with Gasteiger partial charge in [0.2, 0.25) is 6.33 Å². The first-order valence-corrected chi connectivity index (χ1v) is 6.99. The van der Waals surface area contributed by atoms with Crippen molar-refractivity contribution in [2.45, 2.75) is 13.0 Å². The van der Waals surface area contributed by atoms with Crippen LogP contribution in [0.3, 0.4) is 0 Å². The van der Waals surface area contributed by atoms with Gasteiger partial charge >= 0.3 is 16.5 Å². The van der Waals surface area contributed by atoms with E-state index < -0.39 is 7.25 Å². The molecule has 0 fully saturated rings. The first kappa shape index (κ1) is 13.4. The van der Waals surface area contributed by atoms with Crippen molar-refractivity contribution in [1.29, 1.82) is 0 Å². The smallest absolute Gasteiger partial charge is 0.418 e. The van der Waals surface area contributed by atoms with Crippen molar-refractivity contribution in [3.05, 3.63) is 18.7 Å². The van der Waals surface area contributed by atoms with Gasteiger partial charge < -0.3 is 17.3 Å². The molecule has 4 radical (unpaired) electrons. The largest absolute Gasteiger partial charge is 0.673 e. The van der Waals surface area contributed by atoms with Crippen LogP contribution in [0, 0.1) is 0 Å². The topological polar surface area (TPSA) is 19.7 Å². The van der Waals surface area contributed by atoms with Gasteiger partial charge in [0, 0.05) is 0 Å². The molecule has 1 heterocycles. The molecule has 0 spiro atoms. The lowest BCUT2D eigenvalue weighted by Crippen LogP contribution is -2.40. The predicted molar refractivity (Wildman–Crippen MR) is 48.6 cm³/mol. The van der Waals surface area contributed by atoms with E-state index >= 15 is 0 Å². The molecule has 14 heavy (non-hydrogen) atoms. The molecule has 0 aliphatic carbocycles. The van der Waals surface area contributed by atoms with Crippen LogP contribution in [0.15, 0.2) is 18.7 Å². The summed E-state index contributed by atoms with van der Waals surface area (Å²) >= 11 is 0. The quantitative estimate of drug-likeness (QED) is 0.603. The second kappa shape index (κ2) is 6.82. The summed E-state index contributed by atoms with van der Waals surface area (Å²) in [4.78, 5) is 3.01. The third kappa shape index (κ3) is 11.4. The van der Waals surface area contributed by atoms with Crippen LogP contribution < -0.4 is 4.23 Å². The van der Waals surface area contributed by atoms with Gasteiger partial charge in [-0.15, -0.1) is 0 Å². The van der Waals surface area contributed by atoms with E-state index in [1.54, 1.807) is 0 Å². The Balaban J connectivity index is 0.000000292. The monoisotopic (exact) mass is 240 g/mol. The van der Waals surface area contributed by atoms with Crippen LogP contribution in [-0.2, 0) is 0 Å². The lowest BCUT2D eigenvalue weighted by molar-refractivity contribution is -0.523. The second-order valence-corrected chi connectivity index (χ2v) is 5.69. The lowest BCUT2D eigenvalue weighted by atomic mass is 10.3. The molecule has 0 atom stereocenters. The maximum atomic E-state index is 9.75. The molecular weight excluding hydrogens is 231 g/mol. The van der Waals surface area contributed by atoms with Crippen molar-refractivity contribution in [3.8, 4) is 0 Å². The predicted octanol–water partition coefficient (Wildman–Crippen LogP) is 1.13. The number of hydrogen-bond donors (Lipinski definition) is 1. The fraction of sp³-hybridized carbons (Fsp3) is 0.400. The molecule has 0 saturated heterocycles. The highest BCUT2D eigenvalue weighted by atomic mass is 29.1. The Bertz CT molecular complexity index is 222. The molecule has 0 aliphatic rings. The van der Waals surface area contributed by atoms with Gasteiger partial charge in [0.25, 0.3) is 0 Å². The molecule has 0 saturated carbocycles. The van der Waals surface area contributed by atoms with E-state index in [0.29, 0.717) is 0 Å². The zero-order valence-electron chi connectivity index (χ0n) is 7.48. The molecule has 1 rings (SSSR count). The molecule has 78 valence electrons. The minimum Gasteiger partial charge on any atom is -0.418 e. The minimum absolute atomic E-state index is 0.942. The van der Waals surface area contributed by atoms with Gasteiger partial charge in [-0.25, -0.2) is 0 Å². The number of aromatic amines is 1. The highest BCUT2D eigenvalue weighted by Gasteiger charge is 2.20. The van der Waals surface area contributed by atoms with Crippen molar-refractivity contribution >= 4 is 25.5 Å². The van der Waals surface area contributed by atoms with E-state index in [1.165, 1.54) is 6.04 Å². The summed E-state index contributed by atoms with van der Waals surface area (Å²) in [5.74, 6) is 0. The maximum absolute atomic E-state index is 9.75. The third-order valence-corrected chi connectivity index (χ3v) is 4.29. The fourth-order valence-electron chi connectivity index (χ4n) is 0.530. The van der Waals surface area contributed by atoms with E-state index in [0.717, 1.165) is 18.2 Å². The standard InChI is InChI=1S/C5H9N2Si2.BF4/c1-2-8-9-7-4-3-6-5-7;2-1(3,4)5/h3-6H,2H2,1H3;/q+1;-1. The van der Waals surface area contributed by atoms with E-state index in [-0.39, 0.29) is 0 Å². The average Bonchev–Trinajstić information content (AvgIpc) is 2.49. The molecule has 1 aromatic heterocycles. The van der Waals surface area contributed by atoms with Crippen LogP contribution in [0.1, 0.15) is 6.92 Å². The van der Waals surface area contributed by atoms with E-state index in [4.69, 9.17) is 0 Å². The average molecular weight is 240 g/mol. The molecule has 0 amide bonds. The molecule has 0 unspecified atom stereocenters. The zero-order valence-corrected chi connectivity index (χ0v) is 9.48. The number of nitrogens with one attached hydrogen (secondary N) is 1. The van der Waals surface area contributed by atoms with Gasteiger partial charge in [-0.2, -0.15) is 0 Å². The molecule has 1 N–H and O–H groups in total. The second-order valence-electron chi connectivity index (χ2n) is 2.16. The van der Waals surface area contributed by atoms with Crippen molar-refractivity contribution < 1.29 is 21.5 Å². The number of rotatable bonds is 3. The summed E-state index contributed by atoms with van der Waals surface area (Å²) in [6.07, 6.45) is 6.02. The lowest BCUT2D eigenvalue weighted by Gasteiger charge is -1.94. The van der Waals surface area contributed by atoms with Gasteiger partial charge in [-0.1, -0.05) is 13.0 Å². The summed E-state index contributed by atoms with van der Waals surface area (Å²) in [7, 11) is -3.98. The Labute approximate surface area is 84.3 Å². The summed E-state index contributed by atoms with van der Waals surface area (Å²) in [6.45, 7) is 2.22. The maximum Gasteiger partial charge on any atom is 0.673 e. The van der Waals surface area contributed by atoms with Gasteiger partial charge in [0.15, 0.2) is 0 Å². The normalized spacial score (nSPS) is 10.6. The summed E-state index contributed by atoms with van der Waals surface area (Å²) in [6, 6.07) is 1.30. The Hall–Kier alpha value is -0.571. The molecular formula is C5H9BF4N2Si2. The third-order valence-electron chi connectivity index (χ3n) is 0.930.